The zero-order valence-corrected chi connectivity index (χ0v) is 34.7. The van der Waals surface area contributed by atoms with Gasteiger partial charge in [0, 0.05) is 38.4 Å². The van der Waals surface area contributed by atoms with E-state index in [0.29, 0.717) is 24.1 Å². The molecule has 2 heterocycles. The molecule has 6 nitrogen and oxygen atoms in total. The van der Waals surface area contributed by atoms with Crippen LogP contribution in [0, 0.1) is 0 Å². The number of hydrogen-bond donors (Lipinski definition) is 2. The maximum atomic E-state index is 11.1. The molecule has 0 aliphatic heterocycles. The van der Waals surface area contributed by atoms with E-state index >= 15 is 0 Å². The van der Waals surface area contributed by atoms with Gasteiger partial charge in [0.25, 0.3) is 0 Å². The predicted octanol–water partition coefficient (Wildman–Crippen LogP) is 4.77. The normalized spacial score (nSPS) is 12.3. The molecule has 10 aromatic rings. The minimum absolute atomic E-state index is 0.294. The molecule has 0 bridgehead atoms. The maximum Gasteiger partial charge on any atom is 0.159 e. The van der Waals surface area contributed by atoms with Crippen molar-refractivity contribution in [2.24, 2.45) is 15.7 Å². The minimum atomic E-state index is 0.294. The number of aromatic hydroxyl groups is 1. The molecule has 0 spiro atoms. The lowest BCUT2D eigenvalue weighted by molar-refractivity contribution is 0.484. The number of hydrogen-bond acceptors (Lipinski definition) is 2. The number of nitrogens with two attached hydrogens (primary N) is 1. The standard InChI is InChI=1S/C51H41B4N5O/c52-43-42(44(53)49(61)46(55)45(43)54)31-23-25-33(26-24-31)60-41-22-12-10-19-36(41)38-28-27-37-35-18-9-11-21-40(35)59(47(37)48(38)60)29-57-51(58-50(56)32-15-5-2-6-16-32)39-20-8-7-17-34(39)30-13-3-1-4-14-30/h1-28,61H,29,52-55H2,(H2,56,57,58). The Balaban J connectivity index is 1.21. The van der Waals surface area contributed by atoms with E-state index in [1.807, 2.05) is 58.2 Å². The molecule has 2 aromatic heterocycles. The predicted molar refractivity (Wildman–Crippen MR) is 269 cm³/mol. The van der Waals surface area contributed by atoms with E-state index in [9.17, 15) is 5.11 Å². The second-order valence-electron chi connectivity index (χ2n) is 15.8. The Bertz CT molecular complexity index is 3360. The average molecular weight is 783 g/mol. The highest BCUT2D eigenvalue weighted by atomic mass is 16.3. The summed E-state index contributed by atoms with van der Waals surface area (Å²) >= 11 is 0. The largest absolute Gasteiger partial charge is 0.509 e. The van der Waals surface area contributed by atoms with Crippen molar-refractivity contribution in [2.75, 3.05) is 0 Å². The van der Waals surface area contributed by atoms with Crippen LogP contribution in [-0.4, -0.2) is 57.3 Å². The van der Waals surface area contributed by atoms with Crippen LogP contribution in [0.2, 0.25) is 0 Å². The summed E-state index contributed by atoms with van der Waals surface area (Å²) in [6.07, 6.45) is 0. The summed E-state index contributed by atoms with van der Waals surface area (Å²) < 4.78 is 4.73. The monoisotopic (exact) mass is 783 g/mol. The van der Waals surface area contributed by atoms with Gasteiger partial charge in [-0.2, -0.15) is 0 Å². The van der Waals surface area contributed by atoms with Crippen LogP contribution in [0.1, 0.15) is 11.1 Å². The first-order chi connectivity index (χ1) is 29.8. The first-order valence-corrected chi connectivity index (χ1v) is 20.7. The Morgan fingerprint density at radius 3 is 1.84 bits per heavy atom. The third-order valence-corrected chi connectivity index (χ3v) is 12.5. The van der Waals surface area contributed by atoms with Gasteiger partial charge in [0.2, 0.25) is 0 Å². The van der Waals surface area contributed by atoms with Crippen LogP contribution in [0.5, 0.6) is 5.75 Å². The Morgan fingerprint density at radius 1 is 0.525 bits per heavy atom. The Labute approximate surface area is 358 Å². The summed E-state index contributed by atoms with van der Waals surface area (Å²) in [7, 11) is 8.23. The number of fused-ring (bicyclic) bond motifs is 7. The van der Waals surface area contributed by atoms with Crippen LogP contribution >= 0.6 is 0 Å². The van der Waals surface area contributed by atoms with Crippen molar-refractivity contribution < 1.29 is 5.11 Å². The molecule has 0 saturated heterocycles. The van der Waals surface area contributed by atoms with Crippen molar-refractivity contribution in [3.8, 4) is 33.7 Å². The SMILES string of the molecule is Bc1c(B)c(O)c(B)c(-c2ccc(-n3c4ccccc4c4ccc5c6ccccc6n(C/N=C(\N=C(/N)c6ccccc6)c6ccccc6-c6ccccc6)c5c43)cc2)c1B. The van der Waals surface area contributed by atoms with Gasteiger partial charge in [-0.15, -0.1) is 0 Å². The molecule has 0 aliphatic rings. The van der Waals surface area contributed by atoms with E-state index in [-0.39, 0.29) is 0 Å². The number of para-hydroxylation sites is 2. The number of phenols is 1. The number of nitrogens with zero attached hydrogens (tertiary/aromatic N) is 4. The third-order valence-electron chi connectivity index (χ3n) is 12.5. The van der Waals surface area contributed by atoms with Crippen molar-refractivity contribution >= 4 is 109 Å². The average Bonchev–Trinajstić information content (AvgIpc) is 3.82. The first-order valence-electron chi connectivity index (χ1n) is 20.7. The molecule has 61 heavy (non-hydrogen) atoms. The van der Waals surface area contributed by atoms with Crippen molar-refractivity contribution in [2.45, 2.75) is 6.67 Å². The fraction of sp³-hybridized carbons (Fsp3) is 0.0196. The molecule has 0 atom stereocenters. The van der Waals surface area contributed by atoms with Crippen LogP contribution in [0.25, 0.3) is 71.6 Å². The van der Waals surface area contributed by atoms with Gasteiger partial charge in [0.1, 0.15) is 49.6 Å². The summed E-state index contributed by atoms with van der Waals surface area (Å²) in [4.78, 5) is 10.5. The van der Waals surface area contributed by atoms with Gasteiger partial charge in [-0.25, -0.2) is 9.98 Å². The van der Waals surface area contributed by atoms with Gasteiger partial charge in [0.05, 0.1) is 22.1 Å². The highest BCUT2D eigenvalue weighted by molar-refractivity contribution is 6.62. The lowest BCUT2D eigenvalue weighted by atomic mass is 9.65. The molecule has 0 fully saturated rings. The first kappa shape index (κ1) is 37.8. The zero-order valence-electron chi connectivity index (χ0n) is 34.7. The van der Waals surface area contributed by atoms with E-state index in [1.54, 1.807) is 0 Å². The molecule has 288 valence electrons. The van der Waals surface area contributed by atoms with Gasteiger partial charge >= 0.3 is 0 Å². The molecule has 0 unspecified atom stereocenters. The summed E-state index contributed by atoms with van der Waals surface area (Å²) in [6.45, 7) is 0.294. The van der Waals surface area contributed by atoms with Crippen molar-refractivity contribution in [1.29, 1.82) is 0 Å². The Morgan fingerprint density at radius 2 is 1.11 bits per heavy atom. The summed E-state index contributed by atoms with van der Waals surface area (Å²) in [5, 5.41) is 15.7. The number of aromatic nitrogens is 2. The second kappa shape index (κ2) is 15.3. The quantitative estimate of drug-likeness (QED) is 0.139. The topological polar surface area (TPSA) is 80.8 Å². The fourth-order valence-electron chi connectivity index (χ4n) is 9.19. The molecule has 0 radical (unpaired) electrons. The molecule has 10 rings (SSSR count). The van der Waals surface area contributed by atoms with Gasteiger partial charge in [-0.05, 0) is 52.0 Å². The van der Waals surface area contributed by atoms with E-state index in [1.165, 1.54) is 10.8 Å². The molecular weight excluding hydrogens is 742 g/mol. The maximum absolute atomic E-state index is 11.1. The molecule has 0 saturated carbocycles. The number of amidine groups is 2. The van der Waals surface area contributed by atoms with Gasteiger partial charge < -0.3 is 20.0 Å². The minimum Gasteiger partial charge on any atom is -0.509 e. The van der Waals surface area contributed by atoms with Crippen LogP contribution in [0.3, 0.4) is 0 Å². The molecule has 8 aromatic carbocycles. The van der Waals surface area contributed by atoms with Crippen LogP contribution in [0.15, 0.2) is 180 Å². The zero-order chi connectivity index (χ0) is 41.8. The van der Waals surface area contributed by atoms with E-state index in [0.717, 1.165) is 93.7 Å². The molecule has 10 heteroatoms. The Hall–Kier alpha value is -7.44. The number of benzene rings is 8. The fourth-order valence-corrected chi connectivity index (χ4v) is 9.19. The molecule has 0 aliphatic carbocycles. The summed E-state index contributed by atoms with van der Waals surface area (Å²) in [5.41, 5.74) is 22.3. The lowest BCUT2D eigenvalue weighted by Gasteiger charge is -2.19. The highest BCUT2D eigenvalue weighted by Gasteiger charge is 2.22. The van der Waals surface area contributed by atoms with Crippen LogP contribution < -0.4 is 27.6 Å². The smallest absolute Gasteiger partial charge is 0.159 e. The van der Waals surface area contributed by atoms with Crippen LogP contribution in [-0.2, 0) is 6.67 Å². The Kier molecular flexibility index (Phi) is 9.48. The van der Waals surface area contributed by atoms with E-state index in [2.05, 4.69) is 152 Å². The highest BCUT2D eigenvalue weighted by Crippen LogP contribution is 2.40. The summed E-state index contributed by atoms with van der Waals surface area (Å²) in [6, 6.07) is 59.0. The van der Waals surface area contributed by atoms with Gasteiger partial charge in [0.15, 0.2) is 5.84 Å². The van der Waals surface area contributed by atoms with E-state index in [4.69, 9.17) is 15.7 Å². The van der Waals surface area contributed by atoms with E-state index < -0.39 is 0 Å². The molecule has 3 N–H and O–H groups in total. The summed E-state index contributed by atoms with van der Waals surface area (Å²) in [5.74, 6) is 1.32. The van der Waals surface area contributed by atoms with Gasteiger partial charge in [-0.3, -0.25) is 0 Å². The van der Waals surface area contributed by atoms with Crippen molar-refractivity contribution in [3.05, 3.63) is 181 Å². The van der Waals surface area contributed by atoms with Crippen molar-refractivity contribution in [1.82, 2.24) is 9.13 Å². The lowest BCUT2D eigenvalue weighted by Crippen LogP contribution is -2.44. The second-order valence-corrected chi connectivity index (χ2v) is 15.8. The number of phenolic OH excluding ortho intramolecular Hbond substituents is 1. The van der Waals surface area contributed by atoms with Crippen molar-refractivity contribution in [3.63, 3.8) is 0 Å². The third kappa shape index (κ3) is 6.34. The van der Waals surface area contributed by atoms with Crippen LogP contribution in [0.4, 0.5) is 0 Å². The number of aliphatic imine (C=N–C) groups is 2. The number of rotatable bonds is 7. The van der Waals surface area contributed by atoms with Gasteiger partial charge in [-0.1, -0.05) is 162 Å². The molecule has 0 amide bonds. The molecular formula is C51H41B4N5O.